The number of carbonyl (C=O) groups is 2. The van der Waals surface area contributed by atoms with Crippen molar-refractivity contribution >= 4 is 34.8 Å². The molecule has 0 radical (unpaired) electrons. The van der Waals surface area contributed by atoms with Gasteiger partial charge in [0.05, 0.1) is 31.7 Å². The third-order valence-electron chi connectivity index (χ3n) is 4.66. The predicted molar refractivity (Wildman–Crippen MR) is 105 cm³/mol. The summed E-state index contributed by atoms with van der Waals surface area (Å²) in [4.78, 5) is 24.9. The molecule has 1 fully saturated rings. The van der Waals surface area contributed by atoms with Gasteiger partial charge in [0.1, 0.15) is 11.5 Å². The van der Waals surface area contributed by atoms with Gasteiger partial charge in [0, 0.05) is 16.8 Å². The third-order valence-corrected chi connectivity index (χ3v) is 5.07. The molecule has 1 aliphatic rings. The zero-order valence-corrected chi connectivity index (χ0v) is 16.1. The lowest BCUT2D eigenvalue weighted by molar-refractivity contribution is -0.122. The molecule has 0 saturated heterocycles. The van der Waals surface area contributed by atoms with E-state index in [1.807, 2.05) is 6.92 Å². The fourth-order valence-corrected chi connectivity index (χ4v) is 3.04. The second-order valence-electron chi connectivity index (χ2n) is 6.41. The minimum Gasteiger partial charge on any atom is -0.497 e. The van der Waals surface area contributed by atoms with E-state index in [2.05, 4.69) is 10.6 Å². The van der Waals surface area contributed by atoms with Crippen LogP contribution in [0.5, 0.6) is 11.5 Å². The van der Waals surface area contributed by atoms with E-state index in [1.54, 1.807) is 43.5 Å². The van der Waals surface area contributed by atoms with Gasteiger partial charge in [-0.05, 0) is 43.2 Å². The van der Waals surface area contributed by atoms with Crippen molar-refractivity contribution in [3.05, 3.63) is 47.0 Å². The van der Waals surface area contributed by atoms with Crippen LogP contribution in [0, 0.1) is 18.8 Å². The van der Waals surface area contributed by atoms with E-state index in [-0.39, 0.29) is 23.7 Å². The molecule has 1 saturated carbocycles. The first-order valence-electron chi connectivity index (χ1n) is 8.53. The fraction of sp³-hybridized carbons (Fsp3) is 0.300. The number of amides is 2. The predicted octanol–water partition coefficient (Wildman–Crippen LogP) is 3.88. The average molecular weight is 389 g/mol. The molecular weight excluding hydrogens is 368 g/mol. The second-order valence-corrected chi connectivity index (χ2v) is 6.81. The smallest absolute Gasteiger partial charge is 0.228 e. The van der Waals surface area contributed by atoms with Crippen LogP contribution in [0.3, 0.4) is 0 Å². The van der Waals surface area contributed by atoms with Gasteiger partial charge in [0.2, 0.25) is 11.8 Å². The van der Waals surface area contributed by atoms with Crippen molar-refractivity contribution in [1.29, 1.82) is 0 Å². The van der Waals surface area contributed by atoms with Crippen molar-refractivity contribution in [2.45, 2.75) is 13.3 Å². The Bertz CT molecular complexity index is 884. The highest BCUT2D eigenvalue weighted by atomic mass is 35.5. The first-order valence-corrected chi connectivity index (χ1v) is 8.91. The van der Waals surface area contributed by atoms with E-state index in [0.29, 0.717) is 34.3 Å². The third kappa shape index (κ3) is 4.17. The summed E-state index contributed by atoms with van der Waals surface area (Å²) in [6.45, 7) is 1.84. The molecule has 2 N–H and O–H groups in total. The monoisotopic (exact) mass is 388 g/mol. The molecular formula is C20H21ClN2O4. The van der Waals surface area contributed by atoms with E-state index < -0.39 is 0 Å². The van der Waals surface area contributed by atoms with Crippen LogP contribution in [0.25, 0.3) is 0 Å². The van der Waals surface area contributed by atoms with Gasteiger partial charge in [-0.1, -0.05) is 17.7 Å². The van der Waals surface area contributed by atoms with Crippen LogP contribution in [-0.2, 0) is 9.59 Å². The Morgan fingerprint density at radius 1 is 1.00 bits per heavy atom. The highest BCUT2D eigenvalue weighted by molar-refractivity contribution is 6.31. The zero-order valence-electron chi connectivity index (χ0n) is 15.3. The van der Waals surface area contributed by atoms with Gasteiger partial charge in [-0.15, -0.1) is 0 Å². The number of hydrogen-bond donors (Lipinski definition) is 2. The van der Waals surface area contributed by atoms with Crippen LogP contribution >= 0.6 is 11.6 Å². The van der Waals surface area contributed by atoms with Crippen molar-refractivity contribution in [2.24, 2.45) is 11.8 Å². The van der Waals surface area contributed by atoms with Crippen LogP contribution in [0.15, 0.2) is 36.4 Å². The summed E-state index contributed by atoms with van der Waals surface area (Å²) in [6, 6.07) is 10.5. The molecule has 6 nitrogen and oxygen atoms in total. The van der Waals surface area contributed by atoms with Crippen molar-refractivity contribution in [3.63, 3.8) is 0 Å². The summed E-state index contributed by atoms with van der Waals surface area (Å²) in [5, 5.41) is 6.27. The van der Waals surface area contributed by atoms with Crippen molar-refractivity contribution < 1.29 is 19.1 Å². The van der Waals surface area contributed by atoms with Crippen LogP contribution in [0.1, 0.15) is 12.0 Å². The molecule has 0 aromatic heterocycles. The van der Waals surface area contributed by atoms with Crippen molar-refractivity contribution in [1.82, 2.24) is 0 Å². The Morgan fingerprint density at radius 3 is 2.30 bits per heavy atom. The Kier molecular flexibility index (Phi) is 5.56. The summed E-state index contributed by atoms with van der Waals surface area (Å²) >= 11 is 6.08. The Balaban J connectivity index is 1.62. The SMILES string of the molecule is COc1ccc(NC(=O)C2CC2C(=O)Nc2cccc(Cl)c2C)c(OC)c1. The molecule has 3 rings (SSSR count). The number of hydrogen-bond acceptors (Lipinski definition) is 4. The normalized spacial score (nSPS) is 17.8. The number of rotatable bonds is 6. The van der Waals surface area contributed by atoms with E-state index in [1.165, 1.54) is 7.11 Å². The first-order chi connectivity index (χ1) is 12.9. The Hall–Kier alpha value is -2.73. The maximum absolute atomic E-state index is 12.5. The largest absolute Gasteiger partial charge is 0.497 e. The van der Waals surface area contributed by atoms with Crippen molar-refractivity contribution in [3.8, 4) is 11.5 Å². The number of benzene rings is 2. The Morgan fingerprint density at radius 2 is 1.67 bits per heavy atom. The lowest BCUT2D eigenvalue weighted by Gasteiger charge is -2.12. The minimum absolute atomic E-state index is 0.179. The molecule has 2 aromatic rings. The summed E-state index contributed by atoms with van der Waals surface area (Å²) < 4.78 is 10.4. The number of methoxy groups -OCH3 is 2. The summed E-state index contributed by atoms with van der Waals surface area (Å²) in [6.07, 6.45) is 0.510. The minimum atomic E-state index is -0.365. The van der Waals surface area contributed by atoms with Gasteiger partial charge in [-0.3, -0.25) is 9.59 Å². The maximum atomic E-state index is 12.5. The molecule has 0 heterocycles. The van der Waals surface area contributed by atoms with Crippen LogP contribution in [0.4, 0.5) is 11.4 Å². The van der Waals surface area contributed by atoms with Gasteiger partial charge in [0.15, 0.2) is 0 Å². The topological polar surface area (TPSA) is 76.7 Å². The maximum Gasteiger partial charge on any atom is 0.228 e. The highest BCUT2D eigenvalue weighted by Crippen LogP contribution is 2.41. The molecule has 2 atom stereocenters. The number of nitrogens with one attached hydrogen (secondary N) is 2. The summed E-state index contributed by atoms with van der Waals surface area (Å²) in [5.41, 5.74) is 2.01. The second kappa shape index (κ2) is 7.88. The van der Waals surface area contributed by atoms with Gasteiger partial charge in [-0.2, -0.15) is 0 Å². The van der Waals surface area contributed by atoms with Gasteiger partial charge in [-0.25, -0.2) is 0 Å². The lowest BCUT2D eigenvalue weighted by atomic mass is 10.2. The number of carbonyl (C=O) groups excluding carboxylic acids is 2. The molecule has 0 aliphatic heterocycles. The number of anilines is 2. The van der Waals surface area contributed by atoms with Crippen LogP contribution in [-0.4, -0.2) is 26.0 Å². The summed E-state index contributed by atoms with van der Waals surface area (Å²) in [5.74, 6) is 0.0249. The zero-order chi connectivity index (χ0) is 19.6. The molecule has 1 aliphatic carbocycles. The van der Waals surface area contributed by atoms with E-state index >= 15 is 0 Å². The molecule has 0 bridgehead atoms. The number of ether oxygens (including phenoxy) is 2. The van der Waals surface area contributed by atoms with E-state index in [0.717, 1.165) is 5.56 Å². The van der Waals surface area contributed by atoms with Crippen molar-refractivity contribution in [2.75, 3.05) is 24.9 Å². The standard InChI is InChI=1S/C20H21ClN2O4/c1-11-15(21)5-4-6-16(11)22-19(24)13-10-14(13)20(25)23-17-8-7-12(26-2)9-18(17)27-3/h4-9,13-14H,10H2,1-3H3,(H,22,24)(H,23,25). The average Bonchev–Trinajstić information content (AvgIpc) is 3.47. The van der Waals surface area contributed by atoms with E-state index in [9.17, 15) is 9.59 Å². The molecule has 0 spiro atoms. The Labute approximate surface area is 162 Å². The van der Waals surface area contributed by atoms with Crippen LogP contribution < -0.4 is 20.1 Å². The van der Waals surface area contributed by atoms with Gasteiger partial charge >= 0.3 is 0 Å². The molecule has 2 unspecified atom stereocenters. The molecule has 2 amide bonds. The fourth-order valence-electron chi connectivity index (χ4n) is 2.87. The first kappa shape index (κ1) is 19.0. The molecule has 2 aromatic carbocycles. The van der Waals surface area contributed by atoms with Gasteiger partial charge < -0.3 is 20.1 Å². The van der Waals surface area contributed by atoms with Crippen LogP contribution in [0.2, 0.25) is 5.02 Å². The quantitative estimate of drug-likeness (QED) is 0.787. The number of halogens is 1. The molecule has 27 heavy (non-hydrogen) atoms. The van der Waals surface area contributed by atoms with Gasteiger partial charge in [0.25, 0.3) is 0 Å². The summed E-state index contributed by atoms with van der Waals surface area (Å²) in [7, 11) is 3.08. The van der Waals surface area contributed by atoms with E-state index in [4.69, 9.17) is 21.1 Å². The highest BCUT2D eigenvalue weighted by Gasteiger charge is 2.48. The lowest BCUT2D eigenvalue weighted by Crippen LogP contribution is -2.21. The molecule has 7 heteroatoms. The molecule has 142 valence electrons.